The van der Waals surface area contributed by atoms with Crippen LogP contribution in [-0.4, -0.2) is 24.6 Å². The van der Waals surface area contributed by atoms with E-state index in [2.05, 4.69) is 25.1 Å². The van der Waals surface area contributed by atoms with Gasteiger partial charge in [-0.05, 0) is 12.8 Å². The van der Waals surface area contributed by atoms with Crippen LogP contribution in [0, 0.1) is 34.0 Å². The minimum atomic E-state index is -1.29. The van der Waals surface area contributed by atoms with Crippen LogP contribution in [0.5, 0.6) is 0 Å². The lowest BCUT2D eigenvalue weighted by Crippen LogP contribution is -2.12. The molecule has 0 aromatic rings. The van der Waals surface area contributed by atoms with Gasteiger partial charge in [-0.25, -0.2) is 0 Å². The second-order valence-electron chi connectivity index (χ2n) is 7.14. The summed E-state index contributed by atoms with van der Waals surface area (Å²) in [5.74, 6) is 0. The Morgan fingerprint density at radius 3 is 1.24 bits per heavy atom. The molecule has 0 N–H and O–H groups in total. The predicted octanol–water partition coefficient (Wildman–Crippen LogP) is 6.67. The molecule has 0 unspecified atom stereocenters. The van der Waals surface area contributed by atoms with Crippen molar-refractivity contribution >= 4 is 7.26 Å². The molecule has 0 aliphatic rings. The molecule has 0 aromatic carbocycles. The predicted molar refractivity (Wildman–Crippen MR) is 109 cm³/mol. The van der Waals surface area contributed by atoms with E-state index in [0.29, 0.717) is 19.3 Å². The van der Waals surface area contributed by atoms with E-state index in [9.17, 15) is 0 Å². The molecule has 140 valence electrons. The largest absolute Gasteiger partial charge is 0.198 e. The van der Waals surface area contributed by atoms with Gasteiger partial charge in [-0.15, -0.1) is 0 Å². The van der Waals surface area contributed by atoms with Gasteiger partial charge in [-0.1, -0.05) is 58.3 Å². The summed E-state index contributed by atoms with van der Waals surface area (Å²) in [6.45, 7) is 2.26. The molecule has 0 saturated heterocycles. The van der Waals surface area contributed by atoms with Crippen LogP contribution in [0.25, 0.3) is 0 Å². The standard InChI is InChI=1S/C21H37N3P/c1-2-3-4-5-6-7-8-9-10-11-18-25(19-12-15-22,20-13-16-23)21-14-17-24/h2-14,18-21H2,1H3/q+1. The van der Waals surface area contributed by atoms with Gasteiger partial charge in [0.05, 0.1) is 62.1 Å². The highest BCUT2D eigenvalue weighted by molar-refractivity contribution is 7.75. The number of hydrogen-bond donors (Lipinski definition) is 0. The van der Waals surface area contributed by atoms with Gasteiger partial charge >= 0.3 is 0 Å². The van der Waals surface area contributed by atoms with Gasteiger partial charge in [-0.2, -0.15) is 15.8 Å². The smallest absolute Gasteiger partial charge is 0.0725 e. The summed E-state index contributed by atoms with van der Waals surface area (Å²) in [5, 5.41) is 26.9. The van der Waals surface area contributed by atoms with Gasteiger partial charge in [-0.3, -0.25) is 0 Å². The zero-order valence-corrected chi connectivity index (χ0v) is 17.2. The fraction of sp³-hybridized carbons (Fsp3) is 0.857. The van der Waals surface area contributed by atoms with E-state index in [1.54, 1.807) is 0 Å². The molecule has 0 aliphatic carbocycles. The second-order valence-corrected chi connectivity index (χ2v) is 11.6. The summed E-state index contributed by atoms with van der Waals surface area (Å²) in [4.78, 5) is 0. The van der Waals surface area contributed by atoms with E-state index in [1.165, 1.54) is 70.4 Å². The minimum absolute atomic E-state index is 0.586. The van der Waals surface area contributed by atoms with Crippen LogP contribution < -0.4 is 0 Å². The minimum Gasteiger partial charge on any atom is -0.198 e. The third-order valence-electron chi connectivity index (χ3n) is 5.08. The topological polar surface area (TPSA) is 71.4 Å². The first-order chi connectivity index (χ1) is 12.2. The van der Waals surface area contributed by atoms with Gasteiger partial charge in [0, 0.05) is 7.26 Å². The second kappa shape index (κ2) is 17.7. The van der Waals surface area contributed by atoms with Crippen LogP contribution in [-0.2, 0) is 0 Å². The van der Waals surface area contributed by atoms with Crippen LogP contribution >= 0.6 is 7.26 Å². The molecule has 0 bridgehead atoms. The Balaban J connectivity index is 4.09. The molecular weight excluding hydrogens is 325 g/mol. The Hall–Kier alpha value is -1.10. The molecule has 0 aliphatic heterocycles. The maximum absolute atomic E-state index is 8.96. The molecular formula is C21H37N3P+. The van der Waals surface area contributed by atoms with Gasteiger partial charge < -0.3 is 0 Å². The Morgan fingerprint density at radius 1 is 0.520 bits per heavy atom. The van der Waals surface area contributed by atoms with Crippen molar-refractivity contribution in [3.63, 3.8) is 0 Å². The monoisotopic (exact) mass is 362 g/mol. The number of rotatable bonds is 17. The van der Waals surface area contributed by atoms with Crippen molar-refractivity contribution in [1.82, 2.24) is 0 Å². The maximum Gasteiger partial charge on any atom is 0.0725 e. The van der Waals surface area contributed by atoms with Gasteiger partial charge in [0.1, 0.15) is 0 Å². The van der Waals surface area contributed by atoms with E-state index >= 15 is 0 Å². The normalized spacial score (nSPS) is 10.8. The van der Waals surface area contributed by atoms with Crippen LogP contribution in [0.3, 0.4) is 0 Å². The average Bonchev–Trinajstić information content (AvgIpc) is 2.64. The van der Waals surface area contributed by atoms with Crippen molar-refractivity contribution in [2.75, 3.05) is 24.6 Å². The third-order valence-corrected chi connectivity index (χ3v) is 9.86. The third kappa shape index (κ3) is 13.8. The van der Waals surface area contributed by atoms with E-state index in [1.807, 2.05) is 0 Å². The first-order valence-corrected chi connectivity index (χ1v) is 12.7. The average molecular weight is 363 g/mol. The molecule has 0 spiro atoms. The van der Waals surface area contributed by atoms with E-state index < -0.39 is 7.26 Å². The van der Waals surface area contributed by atoms with Crippen LogP contribution in [0.1, 0.15) is 90.4 Å². The summed E-state index contributed by atoms with van der Waals surface area (Å²) < 4.78 is 0. The Morgan fingerprint density at radius 2 is 0.880 bits per heavy atom. The number of nitriles is 3. The van der Waals surface area contributed by atoms with Crippen LogP contribution in [0.4, 0.5) is 0 Å². The summed E-state index contributed by atoms with van der Waals surface area (Å²) in [5.41, 5.74) is 0. The summed E-state index contributed by atoms with van der Waals surface area (Å²) >= 11 is 0. The lowest BCUT2D eigenvalue weighted by molar-refractivity contribution is 0.562. The van der Waals surface area contributed by atoms with Crippen molar-refractivity contribution in [3.05, 3.63) is 0 Å². The first kappa shape index (κ1) is 23.9. The van der Waals surface area contributed by atoms with Crippen molar-refractivity contribution in [3.8, 4) is 18.2 Å². The highest BCUT2D eigenvalue weighted by atomic mass is 31.2. The van der Waals surface area contributed by atoms with Crippen LogP contribution in [0.15, 0.2) is 0 Å². The molecule has 0 saturated carbocycles. The SMILES string of the molecule is CCCCCCCCCCCC[P+](CCC#N)(CCC#N)CCC#N. The fourth-order valence-electron chi connectivity index (χ4n) is 3.47. The zero-order valence-electron chi connectivity index (χ0n) is 16.3. The highest BCUT2D eigenvalue weighted by Gasteiger charge is 2.35. The molecule has 25 heavy (non-hydrogen) atoms. The van der Waals surface area contributed by atoms with Crippen molar-refractivity contribution < 1.29 is 0 Å². The molecule has 0 heterocycles. The van der Waals surface area contributed by atoms with Crippen molar-refractivity contribution in [1.29, 1.82) is 15.8 Å². The van der Waals surface area contributed by atoms with E-state index in [-0.39, 0.29) is 0 Å². The molecule has 3 nitrogen and oxygen atoms in total. The van der Waals surface area contributed by atoms with Gasteiger partial charge in [0.2, 0.25) is 0 Å². The first-order valence-electron chi connectivity index (χ1n) is 10.2. The molecule has 0 amide bonds. The zero-order chi connectivity index (χ0) is 18.6. The number of hydrogen-bond acceptors (Lipinski definition) is 3. The Labute approximate surface area is 156 Å². The molecule has 0 atom stereocenters. The molecule has 0 fully saturated rings. The van der Waals surface area contributed by atoms with Crippen molar-refractivity contribution in [2.45, 2.75) is 90.4 Å². The Kier molecular flexibility index (Phi) is 16.9. The summed E-state index contributed by atoms with van der Waals surface area (Å²) in [6.07, 6.45) is 19.1. The lowest BCUT2D eigenvalue weighted by atomic mass is 10.1. The van der Waals surface area contributed by atoms with E-state index in [4.69, 9.17) is 15.8 Å². The molecule has 0 rings (SSSR count). The quantitative estimate of drug-likeness (QED) is 0.214. The summed E-state index contributed by atoms with van der Waals surface area (Å²) in [6, 6.07) is 6.83. The summed E-state index contributed by atoms with van der Waals surface area (Å²) in [7, 11) is -1.29. The van der Waals surface area contributed by atoms with Crippen LogP contribution in [0.2, 0.25) is 0 Å². The van der Waals surface area contributed by atoms with E-state index in [0.717, 1.165) is 18.5 Å². The number of unbranched alkanes of at least 4 members (excludes halogenated alkanes) is 9. The molecule has 4 heteroatoms. The molecule has 0 radical (unpaired) electrons. The van der Waals surface area contributed by atoms with Crippen molar-refractivity contribution in [2.24, 2.45) is 0 Å². The Bertz CT molecular complexity index is 382. The lowest BCUT2D eigenvalue weighted by Gasteiger charge is -2.25. The molecule has 0 aromatic heterocycles. The fourth-order valence-corrected chi connectivity index (χ4v) is 7.43. The highest BCUT2D eigenvalue weighted by Crippen LogP contribution is 2.60. The van der Waals surface area contributed by atoms with Gasteiger partial charge in [0.25, 0.3) is 0 Å². The van der Waals surface area contributed by atoms with Gasteiger partial charge in [0.15, 0.2) is 0 Å². The number of nitrogens with zero attached hydrogens (tertiary/aromatic N) is 3. The maximum atomic E-state index is 8.96.